The Morgan fingerprint density at radius 2 is 1.79 bits per heavy atom. The van der Waals surface area contributed by atoms with Gasteiger partial charge in [0.2, 0.25) is 0 Å². The molecule has 3 aromatic rings. The van der Waals surface area contributed by atoms with Crippen LogP contribution in [0, 0.1) is 6.92 Å². The second kappa shape index (κ2) is 11.8. The number of ether oxygens (including phenoxy) is 2. The quantitative estimate of drug-likeness (QED) is 0.258. The Kier molecular flexibility index (Phi) is 8.30. The zero-order valence-electron chi connectivity index (χ0n) is 21.0. The van der Waals surface area contributed by atoms with E-state index in [2.05, 4.69) is 26.6 Å². The summed E-state index contributed by atoms with van der Waals surface area (Å²) in [5, 5.41) is 14.5. The standard InChI is InChI=1S/C28H24BrN3O7/c1-3-38-23-14-17(13-21(29)25(23)39-15-24(34)30-22-7-5-4-6-16(22)2)12-20-26(35)31-28(37)32(27(20)36)18-8-10-19(33)11-9-18/h4-14,33H,3,15H2,1-2H3,(H,30,34)(H,31,35,37)/b20-12-. The summed E-state index contributed by atoms with van der Waals surface area (Å²) in [7, 11) is 0. The maximum absolute atomic E-state index is 13.2. The van der Waals surface area contributed by atoms with Gasteiger partial charge in [0.05, 0.1) is 16.8 Å². The molecular weight excluding hydrogens is 570 g/mol. The Hall–Kier alpha value is -4.64. The predicted molar refractivity (Wildman–Crippen MR) is 148 cm³/mol. The van der Waals surface area contributed by atoms with E-state index in [-0.39, 0.29) is 47.6 Å². The number of benzene rings is 3. The minimum Gasteiger partial charge on any atom is -0.508 e. The van der Waals surface area contributed by atoms with E-state index in [4.69, 9.17) is 9.47 Å². The first-order valence-electron chi connectivity index (χ1n) is 11.8. The molecule has 0 unspecified atom stereocenters. The van der Waals surface area contributed by atoms with Crippen LogP contribution in [0.15, 0.2) is 70.7 Å². The van der Waals surface area contributed by atoms with Gasteiger partial charge in [-0.2, -0.15) is 0 Å². The first kappa shape index (κ1) is 27.4. The lowest BCUT2D eigenvalue weighted by molar-refractivity contribution is -0.122. The number of carbonyl (C=O) groups is 4. The Bertz CT molecular complexity index is 1480. The van der Waals surface area contributed by atoms with Gasteiger partial charge in [0, 0.05) is 5.69 Å². The summed E-state index contributed by atoms with van der Waals surface area (Å²) >= 11 is 3.42. The summed E-state index contributed by atoms with van der Waals surface area (Å²) in [5.74, 6) is -1.57. The van der Waals surface area contributed by atoms with Crippen LogP contribution >= 0.6 is 15.9 Å². The lowest BCUT2D eigenvalue weighted by Gasteiger charge is -2.26. The third kappa shape index (κ3) is 6.27. The van der Waals surface area contributed by atoms with E-state index >= 15 is 0 Å². The molecule has 1 fully saturated rings. The number of aryl methyl sites for hydroxylation is 1. The van der Waals surface area contributed by atoms with Crippen molar-refractivity contribution in [2.75, 3.05) is 23.4 Å². The summed E-state index contributed by atoms with van der Waals surface area (Å²) in [5.41, 5.74) is 1.88. The highest BCUT2D eigenvalue weighted by molar-refractivity contribution is 9.10. The molecule has 5 amide bonds. The van der Waals surface area contributed by atoms with Crippen LogP contribution in [0.2, 0.25) is 0 Å². The highest BCUT2D eigenvalue weighted by atomic mass is 79.9. The fourth-order valence-electron chi connectivity index (χ4n) is 3.77. The third-order valence-corrected chi connectivity index (χ3v) is 6.21. The maximum Gasteiger partial charge on any atom is 0.335 e. The second-order valence-electron chi connectivity index (χ2n) is 8.39. The van der Waals surface area contributed by atoms with Crippen molar-refractivity contribution in [1.82, 2.24) is 5.32 Å². The Balaban J connectivity index is 1.58. The number of anilines is 2. The summed E-state index contributed by atoms with van der Waals surface area (Å²) in [6.07, 6.45) is 1.32. The zero-order valence-corrected chi connectivity index (χ0v) is 22.6. The number of hydrogen-bond donors (Lipinski definition) is 3. The average Bonchev–Trinajstić information content (AvgIpc) is 2.88. The van der Waals surface area contributed by atoms with E-state index in [0.717, 1.165) is 10.5 Å². The van der Waals surface area contributed by atoms with Gasteiger partial charge in [-0.15, -0.1) is 0 Å². The molecule has 1 heterocycles. The van der Waals surface area contributed by atoms with Crippen molar-refractivity contribution >= 4 is 57.1 Å². The van der Waals surface area contributed by atoms with Crippen LogP contribution in [0.1, 0.15) is 18.1 Å². The number of phenolic OH excluding ortho intramolecular Hbond substituents is 1. The van der Waals surface area contributed by atoms with Gasteiger partial charge in [0.25, 0.3) is 17.7 Å². The van der Waals surface area contributed by atoms with Crippen molar-refractivity contribution < 1.29 is 33.8 Å². The van der Waals surface area contributed by atoms with Crippen LogP contribution in [0.25, 0.3) is 6.08 Å². The summed E-state index contributed by atoms with van der Waals surface area (Å²) in [6, 6.07) is 15.0. The monoisotopic (exact) mass is 593 g/mol. The molecule has 1 saturated heterocycles. The second-order valence-corrected chi connectivity index (χ2v) is 9.24. The maximum atomic E-state index is 13.2. The number of urea groups is 1. The van der Waals surface area contributed by atoms with Gasteiger partial charge >= 0.3 is 6.03 Å². The van der Waals surface area contributed by atoms with Crippen molar-refractivity contribution in [3.63, 3.8) is 0 Å². The molecule has 200 valence electrons. The molecule has 0 atom stereocenters. The first-order valence-corrected chi connectivity index (χ1v) is 12.6. The van der Waals surface area contributed by atoms with Gasteiger partial charge < -0.3 is 19.9 Å². The number of amides is 5. The number of para-hydroxylation sites is 1. The molecule has 0 radical (unpaired) electrons. The lowest BCUT2D eigenvalue weighted by Crippen LogP contribution is -2.54. The highest BCUT2D eigenvalue weighted by Gasteiger charge is 2.37. The van der Waals surface area contributed by atoms with Crippen molar-refractivity contribution in [2.45, 2.75) is 13.8 Å². The number of nitrogens with one attached hydrogen (secondary N) is 2. The van der Waals surface area contributed by atoms with Gasteiger partial charge in [0.15, 0.2) is 18.1 Å². The molecule has 1 aliphatic rings. The Morgan fingerprint density at radius 3 is 2.49 bits per heavy atom. The largest absolute Gasteiger partial charge is 0.508 e. The normalized spacial score (nSPS) is 14.3. The Labute approximate surface area is 232 Å². The predicted octanol–water partition coefficient (Wildman–Crippen LogP) is 4.55. The fourth-order valence-corrected chi connectivity index (χ4v) is 4.35. The molecule has 39 heavy (non-hydrogen) atoms. The van der Waals surface area contributed by atoms with E-state index in [0.29, 0.717) is 15.7 Å². The molecule has 1 aliphatic heterocycles. The number of rotatable bonds is 8. The van der Waals surface area contributed by atoms with Crippen LogP contribution < -0.4 is 25.0 Å². The molecule has 11 heteroatoms. The van der Waals surface area contributed by atoms with Gasteiger partial charge in [-0.1, -0.05) is 18.2 Å². The summed E-state index contributed by atoms with van der Waals surface area (Å²) < 4.78 is 11.9. The van der Waals surface area contributed by atoms with E-state index in [9.17, 15) is 24.3 Å². The van der Waals surface area contributed by atoms with Crippen molar-refractivity contribution in [3.05, 3.63) is 81.8 Å². The van der Waals surface area contributed by atoms with Gasteiger partial charge in [0.1, 0.15) is 11.3 Å². The smallest absolute Gasteiger partial charge is 0.335 e. The van der Waals surface area contributed by atoms with Crippen LogP contribution in [-0.2, 0) is 14.4 Å². The number of carbonyl (C=O) groups excluding carboxylic acids is 4. The van der Waals surface area contributed by atoms with E-state index < -0.39 is 17.8 Å². The van der Waals surface area contributed by atoms with Crippen molar-refractivity contribution in [3.8, 4) is 17.2 Å². The van der Waals surface area contributed by atoms with Crippen molar-refractivity contribution in [1.29, 1.82) is 0 Å². The molecule has 0 saturated carbocycles. The number of aromatic hydroxyl groups is 1. The average molecular weight is 594 g/mol. The molecule has 4 rings (SSSR count). The molecule has 0 aromatic heterocycles. The van der Waals surface area contributed by atoms with Crippen LogP contribution in [0.3, 0.4) is 0 Å². The number of phenols is 1. The zero-order chi connectivity index (χ0) is 28.1. The van der Waals surface area contributed by atoms with Gasteiger partial charge in [-0.25, -0.2) is 9.69 Å². The summed E-state index contributed by atoms with van der Waals surface area (Å²) in [4.78, 5) is 51.4. The number of nitrogens with zero attached hydrogens (tertiary/aromatic N) is 1. The molecule has 0 bridgehead atoms. The van der Waals surface area contributed by atoms with E-state index in [1.807, 2.05) is 25.1 Å². The minimum absolute atomic E-state index is 0.0428. The Morgan fingerprint density at radius 1 is 1.08 bits per heavy atom. The molecule has 3 aromatic carbocycles. The fraction of sp³-hybridized carbons (Fsp3) is 0.143. The number of imide groups is 2. The number of barbiturate groups is 1. The highest BCUT2D eigenvalue weighted by Crippen LogP contribution is 2.38. The third-order valence-electron chi connectivity index (χ3n) is 5.62. The molecule has 10 nitrogen and oxygen atoms in total. The number of halogens is 1. The minimum atomic E-state index is -0.906. The first-order chi connectivity index (χ1) is 18.7. The van der Waals surface area contributed by atoms with Gasteiger partial charge in [-0.3, -0.25) is 19.7 Å². The van der Waals surface area contributed by atoms with Crippen LogP contribution in [-0.4, -0.2) is 42.1 Å². The SMILES string of the molecule is CCOc1cc(/C=C2/C(=O)NC(=O)N(c3ccc(O)cc3)C2=O)cc(Br)c1OCC(=O)Nc1ccccc1C. The molecule has 3 N–H and O–H groups in total. The van der Waals surface area contributed by atoms with Crippen molar-refractivity contribution in [2.24, 2.45) is 0 Å². The van der Waals surface area contributed by atoms with Crippen LogP contribution in [0.5, 0.6) is 17.2 Å². The van der Waals surface area contributed by atoms with Gasteiger partial charge in [-0.05, 0) is 89.4 Å². The lowest BCUT2D eigenvalue weighted by atomic mass is 10.1. The molecular formula is C28H24BrN3O7. The molecule has 0 spiro atoms. The van der Waals surface area contributed by atoms with Crippen LogP contribution in [0.4, 0.5) is 16.2 Å². The number of hydrogen-bond acceptors (Lipinski definition) is 7. The van der Waals surface area contributed by atoms with E-state index in [1.54, 1.807) is 25.1 Å². The van der Waals surface area contributed by atoms with E-state index in [1.165, 1.54) is 30.3 Å². The summed E-state index contributed by atoms with van der Waals surface area (Å²) in [6.45, 7) is 3.64. The molecule has 0 aliphatic carbocycles. The topological polar surface area (TPSA) is 134 Å².